The molecular weight excluding hydrogens is 432 g/mol. The Kier molecular flexibility index (Phi) is 8.12. The number of nitriles is 1. The average molecular weight is 461 g/mol. The van der Waals surface area contributed by atoms with Crippen molar-refractivity contribution in [1.82, 2.24) is 19.7 Å². The molecule has 33 heavy (non-hydrogen) atoms. The molecule has 1 aliphatic rings. The first kappa shape index (κ1) is 23.0. The number of para-hydroxylation sites is 2. The van der Waals surface area contributed by atoms with E-state index in [0.29, 0.717) is 11.7 Å². The number of rotatable bonds is 9. The second-order valence-corrected chi connectivity index (χ2v) is 8.93. The maximum atomic E-state index is 13.1. The molecule has 3 aromatic rings. The van der Waals surface area contributed by atoms with Crippen LogP contribution < -0.4 is 4.90 Å². The van der Waals surface area contributed by atoms with Gasteiger partial charge in [0.25, 0.3) is 0 Å². The Labute approximate surface area is 199 Å². The highest BCUT2D eigenvalue weighted by molar-refractivity contribution is 7.99. The van der Waals surface area contributed by atoms with Crippen molar-refractivity contribution in [2.45, 2.75) is 37.4 Å². The van der Waals surface area contributed by atoms with Crippen molar-refractivity contribution in [2.24, 2.45) is 0 Å². The Bertz CT molecular complexity index is 1070. The largest absolute Gasteiger partial charge is 0.311 e. The maximum absolute atomic E-state index is 13.1. The third-order valence-electron chi connectivity index (χ3n) is 5.67. The van der Waals surface area contributed by atoms with Gasteiger partial charge in [-0.15, -0.1) is 10.2 Å². The summed E-state index contributed by atoms with van der Waals surface area (Å²) in [6, 6.07) is 21.7. The summed E-state index contributed by atoms with van der Waals surface area (Å²) in [6.45, 7) is 3.27. The van der Waals surface area contributed by atoms with Crippen molar-refractivity contribution in [3.05, 3.63) is 66.5 Å². The number of carbonyl (C=O) groups excluding carboxylic acids is 1. The summed E-state index contributed by atoms with van der Waals surface area (Å²) >= 11 is 1.39. The van der Waals surface area contributed by atoms with E-state index in [1.54, 1.807) is 4.90 Å². The highest BCUT2D eigenvalue weighted by Crippen LogP contribution is 2.25. The summed E-state index contributed by atoms with van der Waals surface area (Å²) < 4.78 is 2.06. The monoisotopic (exact) mass is 460 g/mol. The number of nitrogens with zero attached hydrogens (tertiary/aromatic N) is 6. The number of carbonyl (C=O) groups is 1. The molecule has 0 bridgehead atoms. The summed E-state index contributed by atoms with van der Waals surface area (Å²) in [5.41, 5.74) is 1.79. The lowest BCUT2D eigenvalue weighted by molar-refractivity contribution is -0.116. The van der Waals surface area contributed by atoms with Gasteiger partial charge in [0.1, 0.15) is 0 Å². The predicted molar refractivity (Wildman–Crippen MR) is 130 cm³/mol. The topological polar surface area (TPSA) is 78.0 Å². The van der Waals surface area contributed by atoms with Crippen molar-refractivity contribution >= 4 is 23.4 Å². The minimum Gasteiger partial charge on any atom is -0.311 e. The molecule has 7 nitrogen and oxygen atoms in total. The number of benzene rings is 2. The molecule has 0 atom stereocenters. The summed E-state index contributed by atoms with van der Waals surface area (Å²) in [6.07, 6.45) is 4.00. The third-order valence-corrected chi connectivity index (χ3v) is 6.58. The molecule has 0 N–H and O–H groups in total. The van der Waals surface area contributed by atoms with Crippen LogP contribution in [0, 0.1) is 11.3 Å². The van der Waals surface area contributed by atoms with E-state index < -0.39 is 0 Å². The Morgan fingerprint density at radius 3 is 2.39 bits per heavy atom. The fourth-order valence-corrected chi connectivity index (χ4v) is 4.87. The van der Waals surface area contributed by atoms with E-state index in [1.807, 2.05) is 60.7 Å². The van der Waals surface area contributed by atoms with Crippen LogP contribution in [0.4, 0.5) is 5.69 Å². The number of piperidine rings is 1. The fourth-order valence-electron chi connectivity index (χ4n) is 4.02. The van der Waals surface area contributed by atoms with Gasteiger partial charge in [-0.05, 0) is 50.2 Å². The third kappa shape index (κ3) is 6.01. The Hall–Kier alpha value is -3.15. The van der Waals surface area contributed by atoms with Gasteiger partial charge in [0.15, 0.2) is 11.0 Å². The van der Waals surface area contributed by atoms with Gasteiger partial charge in [-0.2, -0.15) is 5.26 Å². The second-order valence-electron chi connectivity index (χ2n) is 7.98. The summed E-state index contributed by atoms with van der Waals surface area (Å²) in [5, 5.41) is 18.7. The van der Waals surface area contributed by atoms with Crippen LogP contribution in [0.15, 0.2) is 65.8 Å². The lowest BCUT2D eigenvalue weighted by Crippen LogP contribution is -2.33. The first-order chi connectivity index (χ1) is 16.3. The van der Waals surface area contributed by atoms with E-state index in [0.717, 1.165) is 36.8 Å². The first-order valence-electron chi connectivity index (χ1n) is 11.3. The quantitative estimate of drug-likeness (QED) is 0.443. The molecule has 0 unspecified atom stereocenters. The molecule has 0 spiro atoms. The maximum Gasteiger partial charge on any atom is 0.237 e. The van der Waals surface area contributed by atoms with E-state index in [4.69, 9.17) is 5.26 Å². The Balaban J connectivity index is 1.53. The Morgan fingerprint density at radius 2 is 1.70 bits per heavy atom. The molecule has 0 aliphatic carbocycles. The van der Waals surface area contributed by atoms with E-state index >= 15 is 0 Å². The number of likely N-dealkylation sites (tertiary alicyclic amines) is 1. The van der Waals surface area contributed by atoms with E-state index in [1.165, 1.54) is 31.0 Å². The summed E-state index contributed by atoms with van der Waals surface area (Å²) in [5.74, 6) is 1.05. The van der Waals surface area contributed by atoms with Crippen molar-refractivity contribution in [2.75, 3.05) is 30.3 Å². The van der Waals surface area contributed by atoms with Gasteiger partial charge in [-0.3, -0.25) is 14.3 Å². The summed E-state index contributed by atoms with van der Waals surface area (Å²) in [7, 11) is 0. The lowest BCUT2D eigenvalue weighted by Gasteiger charge is -2.26. The molecular formula is C25H28N6OS. The highest BCUT2D eigenvalue weighted by atomic mass is 32.2. The molecule has 1 aromatic heterocycles. The number of thioether (sulfide) groups is 1. The Morgan fingerprint density at radius 1 is 1.00 bits per heavy atom. The lowest BCUT2D eigenvalue weighted by atomic mass is 10.1. The van der Waals surface area contributed by atoms with Crippen LogP contribution in [0.2, 0.25) is 0 Å². The van der Waals surface area contributed by atoms with Gasteiger partial charge < -0.3 is 4.90 Å². The number of hydrogen-bond acceptors (Lipinski definition) is 6. The molecule has 1 aliphatic heterocycles. The zero-order valence-electron chi connectivity index (χ0n) is 18.6. The molecule has 1 amide bonds. The zero-order chi connectivity index (χ0) is 22.9. The number of anilines is 1. The highest BCUT2D eigenvalue weighted by Gasteiger charge is 2.21. The molecule has 1 saturated heterocycles. The first-order valence-corrected chi connectivity index (χ1v) is 12.3. The predicted octanol–water partition coefficient (Wildman–Crippen LogP) is 4.29. The van der Waals surface area contributed by atoms with Crippen LogP contribution in [0.3, 0.4) is 0 Å². The van der Waals surface area contributed by atoms with Gasteiger partial charge in [0.05, 0.1) is 24.8 Å². The van der Waals surface area contributed by atoms with Gasteiger partial charge >= 0.3 is 0 Å². The molecule has 0 radical (unpaired) electrons. The van der Waals surface area contributed by atoms with Crippen LogP contribution in [-0.4, -0.2) is 51.0 Å². The van der Waals surface area contributed by atoms with E-state index in [-0.39, 0.29) is 18.1 Å². The van der Waals surface area contributed by atoms with E-state index in [2.05, 4.69) is 25.7 Å². The van der Waals surface area contributed by atoms with Crippen LogP contribution in [0.25, 0.3) is 5.69 Å². The summed E-state index contributed by atoms with van der Waals surface area (Å²) in [4.78, 5) is 17.2. The minimum atomic E-state index is -0.0540. The van der Waals surface area contributed by atoms with E-state index in [9.17, 15) is 4.79 Å². The zero-order valence-corrected chi connectivity index (χ0v) is 19.5. The molecule has 0 saturated carbocycles. The van der Waals surface area contributed by atoms with Crippen LogP contribution in [0.5, 0.6) is 0 Å². The minimum absolute atomic E-state index is 0.0540. The van der Waals surface area contributed by atoms with Gasteiger partial charge in [0.2, 0.25) is 5.91 Å². The van der Waals surface area contributed by atoms with Gasteiger partial charge in [0, 0.05) is 17.9 Å². The van der Waals surface area contributed by atoms with Gasteiger partial charge in [-0.1, -0.05) is 54.6 Å². The molecule has 1 fully saturated rings. The van der Waals surface area contributed by atoms with Crippen molar-refractivity contribution < 1.29 is 4.79 Å². The molecule has 8 heteroatoms. The molecule has 2 aromatic carbocycles. The molecule has 2 heterocycles. The number of hydrogen-bond donors (Lipinski definition) is 0. The SMILES string of the molecule is N#CCCN(C(=O)CSc1nnc(CN2CCCCC2)n1-c1ccccc1)c1ccccc1. The smallest absolute Gasteiger partial charge is 0.237 e. The molecule has 4 rings (SSSR count). The second kappa shape index (κ2) is 11.6. The van der Waals surface area contributed by atoms with Crippen LogP contribution in [-0.2, 0) is 11.3 Å². The van der Waals surface area contributed by atoms with Crippen LogP contribution in [0.1, 0.15) is 31.5 Å². The van der Waals surface area contributed by atoms with Crippen LogP contribution >= 0.6 is 11.8 Å². The fraction of sp³-hybridized carbons (Fsp3) is 0.360. The standard InChI is InChI=1S/C25H28N6OS/c26-15-10-18-30(21-11-4-1-5-12-21)24(32)20-33-25-28-27-23(19-29-16-8-3-9-17-29)31(25)22-13-6-2-7-14-22/h1-2,4-7,11-14H,3,8-10,16-20H2. The van der Waals surface area contributed by atoms with Gasteiger partial charge in [-0.25, -0.2) is 0 Å². The molecule has 170 valence electrons. The number of aromatic nitrogens is 3. The number of amides is 1. The average Bonchev–Trinajstić information content (AvgIpc) is 3.27. The van der Waals surface area contributed by atoms with Crippen molar-refractivity contribution in [3.8, 4) is 11.8 Å². The van der Waals surface area contributed by atoms with Crippen molar-refractivity contribution in [1.29, 1.82) is 5.26 Å². The normalized spacial score (nSPS) is 14.0. The van der Waals surface area contributed by atoms with Crippen molar-refractivity contribution in [3.63, 3.8) is 0 Å².